The maximum absolute atomic E-state index is 12.2. The third kappa shape index (κ3) is 2.40. The molecule has 4 nitrogen and oxygen atoms in total. The average Bonchev–Trinajstić information content (AvgIpc) is 2.95. The van der Waals surface area contributed by atoms with Gasteiger partial charge in [-0.2, -0.15) is 0 Å². The number of aliphatic hydroxyl groups excluding tert-OH is 1. The van der Waals surface area contributed by atoms with Crippen molar-refractivity contribution < 1.29 is 14.6 Å². The minimum Gasteiger partial charge on any atom is -0.431 e. The summed E-state index contributed by atoms with van der Waals surface area (Å²) in [7, 11) is 0. The number of fused-ring (bicyclic) bond motifs is 5. The van der Waals surface area contributed by atoms with E-state index in [1.165, 1.54) is 12.5 Å². The number of hydrogen-bond acceptors (Lipinski definition) is 4. The van der Waals surface area contributed by atoms with Crippen LogP contribution in [0.2, 0.25) is 0 Å². The van der Waals surface area contributed by atoms with Gasteiger partial charge in [-0.3, -0.25) is 0 Å². The first-order chi connectivity index (χ1) is 13.3. The predicted octanol–water partition coefficient (Wildman–Crippen LogP) is 4.24. The van der Waals surface area contributed by atoms with Gasteiger partial charge in [0.15, 0.2) is 0 Å². The van der Waals surface area contributed by atoms with Crippen LogP contribution in [0.25, 0.3) is 0 Å². The summed E-state index contributed by atoms with van der Waals surface area (Å²) < 4.78 is 5.17. The lowest BCUT2D eigenvalue weighted by Gasteiger charge is -2.63. The molecule has 8 atom stereocenters. The first kappa shape index (κ1) is 18.9. The van der Waals surface area contributed by atoms with E-state index in [4.69, 9.17) is 4.42 Å². The molecule has 0 aliphatic heterocycles. The largest absolute Gasteiger partial charge is 0.431 e. The molecule has 0 spiro atoms. The lowest BCUT2D eigenvalue weighted by molar-refractivity contribution is -0.205. The molecule has 4 heteroatoms. The van der Waals surface area contributed by atoms with E-state index in [0.29, 0.717) is 17.8 Å². The quantitative estimate of drug-likeness (QED) is 0.757. The van der Waals surface area contributed by atoms with Gasteiger partial charge in [0.05, 0.1) is 18.0 Å². The monoisotopic (exact) mass is 386 g/mol. The third-order valence-electron chi connectivity index (χ3n) is 9.95. The van der Waals surface area contributed by atoms with Crippen LogP contribution in [0.3, 0.4) is 0 Å². The van der Waals surface area contributed by atoms with E-state index < -0.39 is 5.60 Å². The van der Waals surface area contributed by atoms with E-state index in [9.17, 15) is 15.0 Å². The Morgan fingerprint density at radius 2 is 1.82 bits per heavy atom. The molecule has 2 N–H and O–H groups in total. The van der Waals surface area contributed by atoms with Crippen molar-refractivity contribution in [1.29, 1.82) is 0 Å². The summed E-state index contributed by atoms with van der Waals surface area (Å²) in [6.45, 7) is 4.73. The van der Waals surface area contributed by atoms with Gasteiger partial charge in [-0.1, -0.05) is 13.8 Å². The van der Waals surface area contributed by atoms with Gasteiger partial charge < -0.3 is 14.6 Å². The molecule has 0 radical (unpaired) electrons. The Morgan fingerprint density at radius 1 is 1.00 bits per heavy atom. The third-order valence-corrected chi connectivity index (χ3v) is 9.95. The Hall–Kier alpha value is -1.13. The van der Waals surface area contributed by atoms with Crippen LogP contribution in [0, 0.1) is 28.6 Å². The summed E-state index contributed by atoms with van der Waals surface area (Å²) in [4.78, 5) is 11.4. The van der Waals surface area contributed by atoms with E-state index in [2.05, 4.69) is 13.8 Å². The molecule has 1 heterocycles. The minimum atomic E-state index is -0.638. The second kappa shape index (κ2) is 6.18. The molecule has 0 bridgehead atoms. The SMILES string of the molecule is C[C@]12CC[C@H](O)C[C@H]1CC[C@@H]1[C@@H]2CC[C@]2(C)[C@@H](c3ccc(=O)oc3)CC[C@@]12O. The number of rotatable bonds is 1. The van der Waals surface area contributed by atoms with Gasteiger partial charge in [0.25, 0.3) is 0 Å². The summed E-state index contributed by atoms with van der Waals surface area (Å²) >= 11 is 0. The highest BCUT2D eigenvalue weighted by Gasteiger charge is 2.67. The van der Waals surface area contributed by atoms with Gasteiger partial charge in [0.1, 0.15) is 0 Å². The molecule has 1 aromatic heterocycles. The van der Waals surface area contributed by atoms with E-state index in [-0.39, 0.29) is 28.5 Å². The van der Waals surface area contributed by atoms with Crippen molar-refractivity contribution in [1.82, 2.24) is 0 Å². The highest BCUT2D eigenvalue weighted by Crippen LogP contribution is 2.70. The molecule has 28 heavy (non-hydrogen) atoms. The Balaban J connectivity index is 1.48. The standard InChI is InChI=1S/C24H34O4/c1-22-10-7-17(25)13-16(22)4-5-20-19(22)8-11-23(2)18(9-12-24(20,23)27)15-3-6-21(26)28-14-15/h3,6,14,16-20,25,27H,4-5,7-13H2,1-2H3/t16-,17+,18-,19+,20-,22+,23-,24-/m1/s1. The maximum Gasteiger partial charge on any atom is 0.335 e. The molecule has 0 aromatic carbocycles. The first-order valence-corrected chi connectivity index (χ1v) is 11.3. The van der Waals surface area contributed by atoms with Gasteiger partial charge in [0, 0.05) is 11.5 Å². The van der Waals surface area contributed by atoms with Gasteiger partial charge in [-0.15, -0.1) is 0 Å². The fourth-order valence-electron chi connectivity index (χ4n) is 8.30. The number of aliphatic hydroxyl groups is 2. The van der Waals surface area contributed by atoms with E-state index in [0.717, 1.165) is 56.9 Å². The predicted molar refractivity (Wildman–Crippen MR) is 107 cm³/mol. The topological polar surface area (TPSA) is 70.7 Å². The van der Waals surface area contributed by atoms with Crippen LogP contribution in [0.5, 0.6) is 0 Å². The highest BCUT2D eigenvalue weighted by molar-refractivity contribution is 5.27. The van der Waals surface area contributed by atoms with Crippen molar-refractivity contribution >= 4 is 0 Å². The summed E-state index contributed by atoms with van der Waals surface area (Å²) in [5.74, 6) is 1.76. The van der Waals surface area contributed by atoms with E-state index >= 15 is 0 Å². The van der Waals surface area contributed by atoms with Gasteiger partial charge in [0.2, 0.25) is 0 Å². The molecular formula is C24H34O4. The van der Waals surface area contributed by atoms with Gasteiger partial charge in [-0.25, -0.2) is 4.79 Å². The van der Waals surface area contributed by atoms with Crippen molar-refractivity contribution in [2.75, 3.05) is 0 Å². The van der Waals surface area contributed by atoms with E-state index in [1.807, 2.05) is 6.07 Å². The zero-order chi connectivity index (χ0) is 19.7. The van der Waals surface area contributed by atoms with Crippen molar-refractivity contribution in [3.63, 3.8) is 0 Å². The number of hydrogen-bond donors (Lipinski definition) is 2. The molecule has 4 fully saturated rings. The second-order valence-corrected chi connectivity index (χ2v) is 10.8. The molecule has 154 valence electrons. The fraction of sp³-hybridized carbons (Fsp3) is 0.792. The van der Waals surface area contributed by atoms with Crippen molar-refractivity contribution in [3.8, 4) is 0 Å². The van der Waals surface area contributed by atoms with Gasteiger partial charge >= 0.3 is 5.63 Å². The molecular weight excluding hydrogens is 352 g/mol. The first-order valence-electron chi connectivity index (χ1n) is 11.3. The average molecular weight is 387 g/mol. The highest BCUT2D eigenvalue weighted by atomic mass is 16.4. The Bertz CT molecular complexity index is 797. The summed E-state index contributed by atoms with van der Waals surface area (Å²) in [5.41, 5.74) is 0.219. The van der Waals surface area contributed by atoms with Crippen molar-refractivity contribution in [3.05, 3.63) is 34.4 Å². The van der Waals surface area contributed by atoms with Crippen LogP contribution < -0.4 is 5.63 Å². The molecule has 4 aliphatic carbocycles. The van der Waals surface area contributed by atoms with Gasteiger partial charge in [-0.05, 0) is 98.5 Å². The summed E-state index contributed by atoms with van der Waals surface area (Å²) in [5, 5.41) is 22.4. The van der Waals surface area contributed by atoms with Crippen LogP contribution in [0.1, 0.15) is 83.1 Å². The lowest BCUT2D eigenvalue weighted by Crippen LogP contribution is -2.62. The fourth-order valence-corrected chi connectivity index (χ4v) is 8.30. The minimum absolute atomic E-state index is 0.129. The molecule has 4 saturated carbocycles. The summed E-state index contributed by atoms with van der Waals surface area (Å²) in [6.07, 6.45) is 10.7. The zero-order valence-corrected chi connectivity index (χ0v) is 17.2. The normalized spacial score (nSPS) is 50.5. The molecule has 1 aromatic rings. The van der Waals surface area contributed by atoms with Crippen molar-refractivity contribution in [2.45, 2.75) is 89.3 Å². The molecule has 5 rings (SSSR count). The summed E-state index contributed by atoms with van der Waals surface area (Å²) in [6, 6.07) is 3.42. The van der Waals surface area contributed by atoms with Crippen LogP contribution in [0.15, 0.2) is 27.6 Å². The molecule has 0 amide bonds. The van der Waals surface area contributed by atoms with Crippen molar-refractivity contribution in [2.24, 2.45) is 28.6 Å². The molecule has 0 saturated heterocycles. The van der Waals surface area contributed by atoms with Crippen LogP contribution >= 0.6 is 0 Å². The zero-order valence-electron chi connectivity index (χ0n) is 17.2. The van der Waals surface area contributed by atoms with Crippen LogP contribution in [-0.2, 0) is 0 Å². The van der Waals surface area contributed by atoms with Crippen LogP contribution in [0.4, 0.5) is 0 Å². The van der Waals surface area contributed by atoms with Crippen LogP contribution in [-0.4, -0.2) is 21.9 Å². The van der Waals surface area contributed by atoms with E-state index in [1.54, 1.807) is 6.26 Å². The Morgan fingerprint density at radius 3 is 2.57 bits per heavy atom. The lowest BCUT2D eigenvalue weighted by atomic mass is 9.43. The Labute approximate surface area is 167 Å². The second-order valence-electron chi connectivity index (χ2n) is 10.8. The maximum atomic E-state index is 12.2. The molecule has 4 aliphatic rings. The molecule has 0 unspecified atom stereocenters. The smallest absolute Gasteiger partial charge is 0.335 e. The Kier molecular flexibility index (Phi) is 4.17.